The molecule has 2 fully saturated rings. The summed E-state index contributed by atoms with van der Waals surface area (Å²) in [6, 6.07) is 8.33. The van der Waals surface area contributed by atoms with Crippen LogP contribution >= 0.6 is 0 Å². The maximum Gasteiger partial charge on any atom is 0.239 e. The third-order valence-electron chi connectivity index (χ3n) is 6.37. The van der Waals surface area contributed by atoms with E-state index >= 15 is 0 Å². The Hall–Kier alpha value is -1.51. The van der Waals surface area contributed by atoms with Crippen molar-refractivity contribution in [1.29, 1.82) is 0 Å². The minimum atomic E-state index is -1.09. The minimum absolute atomic E-state index is 0.214. The lowest BCUT2D eigenvalue weighted by molar-refractivity contribution is -0.339. The van der Waals surface area contributed by atoms with Crippen molar-refractivity contribution in [2.45, 2.75) is 75.8 Å². The number of amides is 1. The molecule has 7 heteroatoms. The second kappa shape index (κ2) is 7.72. The molecular weight excluding hydrogens is 360 g/mol. The summed E-state index contributed by atoms with van der Waals surface area (Å²) in [6.45, 7) is 7.89. The van der Waals surface area contributed by atoms with Crippen LogP contribution in [0.1, 0.15) is 33.3 Å². The summed E-state index contributed by atoms with van der Waals surface area (Å²) < 4.78 is 12.6. The highest BCUT2D eigenvalue weighted by Crippen LogP contribution is 2.43. The lowest BCUT2D eigenvalue weighted by Gasteiger charge is -2.59. The molecule has 0 radical (unpaired) electrons. The summed E-state index contributed by atoms with van der Waals surface area (Å²) in [4.78, 5) is 14.5. The average Bonchev–Trinajstić information content (AvgIpc) is 2.64. The van der Waals surface area contributed by atoms with Crippen molar-refractivity contribution >= 4 is 5.91 Å². The molecule has 0 aliphatic carbocycles. The fourth-order valence-electron chi connectivity index (χ4n) is 4.10. The lowest BCUT2D eigenvalue weighted by Crippen LogP contribution is -2.76. The summed E-state index contributed by atoms with van der Waals surface area (Å²) in [7, 11) is 1.54. The number of benzene rings is 1. The second-order valence-corrected chi connectivity index (χ2v) is 8.64. The van der Waals surface area contributed by atoms with Gasteiger partial charge in [0.2, 0.25) is 5.91 Å². The van der Waals surface area contributed by atoms with E-state index < -0.39 is 41.6 Å². The van der Waals surface area contributed by atoms with E-state index in [9.17, 15) is 15.0 Å². The third kappa shape index (κ3) is 3.57. The molecule has 5 atom stereocenters. The van der Waals surface area contributed by atoms with Gasteiger partial charge in [-0.3, -0.25) is 9.69 Å². The smallest absolute Gasteiger partial charge is 0.239 e. The monoisotopic (exact) mass is 392 g/mol. The standard InChI is InChI=1S/C21H32N2O5/c1-20(2)21(3,4)28-18-16(25)15(19(26)22-5)23(14(12-24)17(18)27-20)11-13-9-7-6-8-10-13/h6-10,14-18,24-25H,11-12H2,1-5H3,(H,22,26)/t14-,15+,16+,17-,18-/m1/s1. The number of aliphatic hydroxyl groups is 2. The number of nitrogens with one attached hydrogen (secondary N) is 1. The molecule has 3 rings (SSSR count). The first-order valence-corrected chi connectivity index (χ1v) is 9.79. The Kier molecular flexibility index (Phi) is 5.85. The first-order valence-electron chi connectivity index (χ1n) is 9.79. The minimum Gasteiger partial charge on any atom is -0.395 e. The number of nitrogens with zero attached hydrogens (tertiary/aromatic N) is 1. The molecule has 7 nitrogen and oxygen atoms in total. The molecule has 0 spiro atoms. The molecule has 2 saturated heterocycles. The number of likely N-dealkylation sites (N-methyl/N-ethyl adjacent to an activating group) is 1. The molecule has 2 aliphatic rings. The van der Waals surface area contributed by atoms with Gasteiger partial charge in [-0.1, -0.05) is 30.3 Å². The van der Waals surface area contributed by atoms with Crippen molar-refractivity contribution in [1.82, 2.24) is 10.2 Å². The van der Waals surface area contributed by atoms with Gasteiger partial charge in [0.1, 0.15) is 24.4 Å². The zero-order chi connectivity index (χ0) is 20.7. The van der Waals surface area contributed by atoms with E-state index in [2.05, 4.69) is 5.32 Å². The maximum absolute atomic E-state index is 12.7. The fourth-order valence-corrected chi connectivity index (χ4v) is 4.10. The predicted molar refractivity (Wildman–Crippen MR) is 105 cm³/mol. The van der Waals surface area contributed by atoms with Gasteiger partial charge in [-0.15, -0.1) is 0 Å². The van der Waals surface area contributed by atoms with Crippen LogP contribution in [-0.2, 0) is 20.8 Å². The highest BCUT2D eigenvalue weighted by atomic mass is 16.6. The van der Waals surface area contributed by atoms with Crippen LogP contribution in [0, 0.1) is 0 Å². The summed E-state index contributed by atoms with van der Waals surface area (Å²) in [5.41, 5.74) is -0.305. The van der Waals surface area contributed by atoms with Gasteiger partial charge in [-0.05, 0) is 33.3 Å². The number of hydrogen-bond donors (Lipinski definition) is 3. The first-order chi connectivity index (χ1) is 13.1. The van der Waals surface area contributed by atoms with Crippen LogP contribution < -0.4 is 5.32 Å². The number of rotatable bonds is 4. The normalized spacial score (nSPS) is 34.5. The first kappa shape index (κ1) is 21.2. The van der Waals surface area contributed by atoms with E-state index in [0.29, 0.717) is 6.54 Å². The van der Waals surface area contributed by atoms with Gasteiger partial charge in [0.15, 0.2) is 0 Å². The predicted octanol–water partition coefficient (Wildman–Crippen LogP) is 0.680. The number of hydrogen-bond acceptors (Lipinski definition) is 6. The molecule has 1 amide bonds. The molecule has 156 valence electrons. The van der Waals surface area contributed by atoms with E-state index in [0.717, 1.165) is 5.56 Å². The molecule has 1 aromatic carbocycles. The van der Waals surface area contributed by atoms with E-state index in [1.807, 2.05) is 62.9 Å². The summed E-state index contributed by atoms with van der Waals surface area (Å²) >= 11 is 0. The van der Waals surface area contributed by atoms with Gasteiger partial charge in [0.25, 0.3) is 0 Å². The van der Waals surface area contributed by atoms with Crippen molar-refractivity contribution < 1.29 is 24.5 Å². The molecule has 0 aromatic heterocycles. The van der Waals surface area contributed by atoms with Crippen LogP contribution in [0.4, 0.5) is 0 Å². The van der Waals surface area contributed by atoms with Crippen LogP contribution in [-0.4, -0.2) is 76.3 Å². The Bertz CT molecular complexity index is 693. The molecule has 0 saturated carbocycles. The molecule has 0 bridgehead atoms. The molecule has 0 unspecified atom stereocenters. The van der Waals surface area contributed by atoms with Crippen molar-refractivity contribution in [3.8, 4) is 0 Å². The van der Waals surface area contributed by atoms with Crippen molar-refractivity contribution in [2.75, 3.05) is 13.7 Å². The van der Waals surface area contributed by atoms with Crippen molar-refractivity contribution in [3.63, 3.8) is 0 Å². The van der Waals surface area contributed by atoms with Crippen molar-refractivity contribution in [2.24, 2.45) is 0 Å². The zero-order valence-electron chi connectivity index (χ0n) is 17.3. The van der Waals surface area contributed by atoms with Gasteiger partial charge in [0, 0.05) is 13.6 Å². The third-order valence-corrected chi connectivity index (χ3v) is 6.37. The summed E-state index contributed by atoms with van der Waals surface area (Å²) in [5, 5.41) is 24.0. The zero-order valence-corrected chi connectivity index (χ0v) is 17.3. The fraction of sp³-hybridized carbons (Fsp3) is 0.667. The molecule has 2 aliphatic heterocycles. The number of carbonyl (C=O) groups is 1. The number of aliphatic hydroxyl groups excluding tert-OH is 2. The van der Waals surface area contributed by atoms with E-state index in [-0.39, 0.29) is 12.5 Å². The summed E-state index contributed by atoms with van der Waals surface area (Å²) in [5.74, 6) is -0.313. The van der Waals surface area contributed by atoms with Gasteiger partial charge in [-0.2, -0.15) is 0 Å². The number of ether oxygens (including phenoxy) is 2. The summed E-state index contributed by atoms with van der Waals surface area (Å²) in [6.07, 6.45) is -2.37. The van der Waals surface area contributed by atoms with Crippen LogP contribution in [0.3, 0.4) is 0 Å². The Balaban J connectivity index is 2.01. The van der Waals surface area contributed by atoms with E-state index in [4.69, 9.17) is 9.47 Å². The molecule has 28 heavy (non-hydrogen) atoms. The molecular formula is C21H32N2O5. The van der Waals surface area contributed by atoms with Gasteiger partial charge in [-0.25, -0.2) is 0 Å². The Labute approximate surface area is 166 Å². The molecule has 3 N–H and O–H groups in total. The number of carbonyl (C=O) groups excluding carboxylic acids is 1. The van der Waals surface area contributed by atoms with Crippen LogP contribution in [0.25, 0.3) is 0 Å². The highest BCUT2D eigenvalue weighted by molar-refractivity contribution is 5.82. The average molecular weight is 392 g/mol. The van der Waals surface area contributed by atoms with E-state index in [1.165, 1.54) is 0 Å². The quantitative estimate of drug-likeness (QED) is 0.698. The second-order valence-electron chi connectivity index (χ2n) is 8.64. The molecule has 2 heterocycles. The maximum atomic E-state index is 12.7. The Morgan fingerprint density at radius 3 is 2.21 bits per heavy atom. The van der Waals surface area contributed by atoms with Crippen LogP contribution in [0.15, 0.2) is 30.3 Å². The number of piperidine rings is 1. The Morgan fingerprint density at radius 1 is 1.11 bits per heavy atom. The SMILES string of the molecule is CNC(=O)[C@@H]1[C@H](O)[C@H]2OC(C)(C)C(C)(C)O[C@@H]2[C@@H](CO)N1Cc1ccccc1. The van der Waals surface area contributed by atoms with Gasteiger partial charge < -0.3 is 25.0 Å². The molecule has 1 aromatic rings. The van der Waals surface area contributed by atoms with E-state index in [1.54, 1.807) is 7.05 Å². The van der Waals surface area contributed by atoms with Gasteiger partial charge >= 0.3 is 0 Å². The largest absolute Gasteiger partial charge is 0.395 e. The lowest BCUT2D eigenvalue weighted by atomic mass is 9.80. The van der Waals surface area contributed by atoms with Crippen LogP contribution in [0.2, 0.25) is 0 Å². The number of fused-ring (bicyclic) bond motifs is 1. The topological polar surface area (TPSA) is 91.3 Å². The van der Waals surface area contributed by atoms with Gasteiger partial charge in [0.05, 0.1) is 23.9 Å². The van der Waals surface area contributed by atoms with Crippen molar-refractivity contribution in [3.05, 3.63) is 35.9 Å². The highest BCUT2D eigenvalue weighted by Gasteiger charge is 2.59. The van der Waals surface area contributed by atoms with Crippen LogP contribution in [0.5, 0.6) is 0 Å². The number of likely N-dealkylation sites (tertiary alicyclic amines) is 1. The Morgan fingerprint density at radius 2 is 1.68 bits per heavy atom.